The summed E-state index contributed by atoms with van der Waals surface area (Å²) in [6, 6.07) is 3.35. The molecule has 4 amide bonds. The molecular formula is C37H48N6O9S. The van der Waals surface area contributed by atoms with Crippen LogP contribution >= 0.6 is 0 Å². The fourth-order valence-corrected chi connectivity index (χ4v) is 9.34. The number of nitrogens with zero attached hydrogens (tertiary/aromatic N) is 3. The van der Waals surface area contributed by atoms with Crippen LogP contribution in [0.2, 0.25) is 0 Å². The standard InChI is InChI=1S/C37H48N6O9S/c1-21-7-5-6-8-23-19-37(23,34(46)41-53(49,50)36(3)12-13-36)40-31(44)28-18-24(20-43(28)33(45)29(22(2)17-21)39-35(47)48)52-32-26-9-10-27-30(25(26)11-14-38-32)51-16-15-42(27)4/h6,8-11,14,21-24,28-29,39H,5,7,12-13,15-20H2,1-4H3,(H,40,44)(H,41,46)(H,47,48)/b8-6-/t21-,22-,23-,24-,28+,29+,37-/m1/s1. The van der Waals surface area contributed by atoms with Crippen molar-refractivity contribution in [1.82, 2.24) is 25.2 Å². The molecule has 16 heteroatoms. The summed E-state index contributed by atoms with van der Waals surface area (Å²) in [5, 5.41) is 16.5. The SMILES string of the molecule is C[C@@H]1CC/C=C\[C@@H]2C[C@@]2(C(=O)NS(=O)(=O)C2(C)CC2)NC(=O)[C@@H]2C[C@@H](Oc3nccc4c5c(ccc34)N(C)CCO5)CN2C(=O)[C@@H](NC(=O)O)[C@H](C)C1. The van der Waals surface area contributed by atoms with Crippen molar-refractivity contribution in [2.45, 2.75) is 94.2 Å². The maximum Gasteiger partial charge on any atom is 0.405 e. The lowest BCUT2D eigenvalue weighted by atomic mass is 9.88. The van der Waals surface area contributed by atoms with Gasteiger partial charge < -0.3 is 35.0 Å². The van der Waals surface area contributed by atoms with Gasteiger partial charge in [0.1, 0.15) is 30.3 Å². The first-order chi connectivity index (χ1) is 25.1. The molecule has 1 saturated heterocycles. The van der Waals surface area contributed by atoms with Crippen LogP contribution < -0.4 is 29.7 Å². The third-order valence-electron chi connectivity index (χ3n) is 11.7. The summed E-state index contributed by atoms with van der Waals surface area (Å²) >= 11 is 0. The molecule has 1 aromatic carbocycles. The predicted octanol–water partition coefficient (Wildman–Crippen LogP) is 2.93. The number of pyridine rings is 1. The lowest BCUT2D eigenvalue weighted by Crippen LogP contribution is -2.59. The third-order valence-corrected chi connectivity index (χ3v) is 13.9. The Hall–Kier alpha value is -4.60. The van der Waals surface area contributed by atoms with Crippen LogP contribution in [-0.4, -0.2) is 102 Å². The van der Waals surface area contributed by atoms with Gasteiger partial charge in [0.05, 0.1) is 23.5 Å². The van der Waals surface area contributed by atoms with E-state index in [2.05, 4.69) is 25.2 Å². The first-order valence-electron chi connectivity index (χ1n) is 18.4. The number of amides is 4. The first kappa shape index (κ1) is 36.7. The Morgan fingerprint density at radius 3 is 2.64 bits per heavy atom. The molecule has 0 unspecified atom stereocenters. The van der Waals surface area contributed by atoms with Gasteiger partial charge in [0.15, 0.2) is 5.75 Å². The van der Waals surface area contributed by atoms with Crippen LogP contribution in [0.1, 0.15) is 65.7 Å². The van der Waals surface area contributed by atoms with E-state index in [4.69, 9.17) is 9.47 Å². The molecule has 7 rings (SSSR count). The number of hydrogen-bond acceptors (Lipinski definition) is 10. The summed E-state index contributed by atoms with van der Waals surface area (Å²) in [6.07, 6.45) is 6.29. The number of sulfonamides is 1. The highest BCUT2D eigenvalue weighted by atomic mass is 32.2. The molecule has 2 saturated carbocycles. The maximum atomic E-state index is 14.4. The Morgan fingerprint density at radius 2 is 1.91 bits per heavy atom. The van der Waals surface area contributed by atoms with Crippen LogP contribution in [0, 0.1) is 17.8 Å². The minimum absolute atomic E-state index is 0.0129. The van der Waals surface area contributed by atoms with Crippen LogP contribution in [0.25, 0.3) is 10.8 Å². The Bertz CT molecular complexity index is 1970. The number of carboxylic acid groups (broad SMARTS) is 1. The molecule has 4 heterocycles. The molecular weight excluding hydrogens is 705 g/mol. The molecule has 0 bridgehead atoms. The van der Waals surface area contributed by atoms with Gasteiger partial charge in [-0.25, -0.2) is 18.2 Å². The van der Waals surface area contributed by atoms with Gasteiger partial charge in [-0.15, -0.1) is 0 Å². The molecule has 15 nitrogen and oxygen atoms in total. The number of carbonyl (C=O) groups excluding carboxylic acids is 3. The second-order valence-corrected chi connectivity index (χ2v) is 18.0. The van der Waals surface area contributed by atoms with Crippen LogP contribution in [0.5, 0.6) is 11.6 Å². The Kier molecular flexibility index (Phi) is 9.48. The highest BCUT2D eigenvalue weighted by Gasteiger charge is 2.63. The topological polar surface area (TPSA) is 197 Å². The van der Waals surface area contributed by atoms with E-state index in [-0.39, 0.29) is 31.2 Å². The zero-order valence-corrected chi connectivity index (χ0v) is 31.3. The summed E-state index contributed by atoms with van der Waals surface area (Å²) in [5.41, 5.74) is -0.610. The smallest absolute Gasteiger partial charge is 0.405 e. The number of benzene rings is 1. The maximum absolute atomic E-state index is 14.4. The van der Waals surface area contributed by atoms with Crippen molar-refractivity contribution < 1.29 is 42.2 Å². The Morgan fingerprint density at radius 1 is 1.13 bits per heavy atom. The molecule has 286 valence electrons. The van der Waals surface area contributed by atoms with E-state index >= 15 is 0 Å². The summed E-state index contributed by atoms with van der Waals surface area (Å²) < 4.78 is 40.0. The van der Waals surface area contributed by atoms with Crippen molar-refractivity contribution in [1.29, 1.82) is 0 Å². The minimum atomic E-state index is -4.00. The average Bonchev–Trinajstić information content (AvgIpc) is 3.98. The zero-order valence-electron chi connectivity index (χ0n) is 30.5. The van der Waals surface area contributed by atoms with E-state index in [1.165, 1.54) is 4.90 Å². The van der Waals surface area contributed by atoms with Gasteiger partial charge in [0.2, 0.25) is 27.7 Å². The van der Waals surface area contributed by atoms with Crippen LogP contribution in [0.3, 0.4) is 0 Å². The van der Waals surface area contributed by atoms with Crippen LogP contribution in [0.4, 0.5) is 10.5 Å². The van der Waals surface area contributed by atoms with E-state index in [1.807, 2.05) is 51.2 Å². The molecule has 0 radical (unpaired) electrons. The Balaban J connectivity index is 1.22. The number of ether oxygens (including phenoxy) is 2. The average molecular weight is 753 g/mol. The molecule has 1 aromatic heterocycles. The molecule has 2 aromatic rings. The zero-order chi connectivity index (χ0) is 37.9. The van der Waals surface area contributed by atoms with Crippen molar-refractivity contribution in [2.24, 2.45) is 17.8 Å². The molecule has 7 atom stereocenters. The van der Waals surface area contributed by atoms with Crippen LogP contribution in [0.15, 0.2) is 36.5 Å². The van der Waals surface area contributed by atoms with E-state index < -0.39 is 74.1 Å². The van der Waals surface area contributed by atoms with E-state index in [0.717, 1.165) is 24.0 Å². The summed E-state index contributed by atoms with van der Waals surface area (Å²) in [5.74, 6) is -1.81. The highest BCUT2D eigenvalue weighted by molar-refractivity contribution is 7.91. The van der Waals surface area contributed by atoms with Gasteiger partial charge in [-0.3, -0.25) is 19.1 Å². The fourth-order valence-electron chi connectivity index (χ4n) is 8.03. The van der Waals surface area contributed by atoms with Gasteiger partial charge in [-0.05, 0) is 75.5 Å². The number of anilines is 1. The lowest BCUT2D eigenvalue weighted by molar-refractivity contribution is -0.142. The van der Waals surface area contributed by atoms with Crippen molar-refractivity contribution in [2.75, 3.05) is 31.6 Å². The highest BCUT2D eigenvalue weighted by Crippen LogP contribution is 2.48. The number of allylic oxidation sites excluding steroid dienone is 1. The largest absolute Gasteiger partial charge is 0.489 e. The van der Waals surface area contributed by atoms with Gasteiger partial charge in [-0.2, -0.15) is 0 Å². The van der Waals surface area contributed by atoms with Gasteiger partial charge in [-0.1, -0.05) is 26.0 Å². The number of rotatable bonds is 6. The van der Waals surface area contributed by atoms with Gasteiger partial charge in [0, 0.05) is 36.4 Å². The quantitative estimate of drug-likeness (QED) is 0.317. The van der Waals surface area contributed by atoms with Crippen molar-refractivity contribution in [3.63, 3.8) is 0 Å². The predicted molar refractivity (Wildman–Crippen MR) is 195 cm³/mol. The molecule has 4 N–H and O–H groups in total. The molecule has 3 fully saturated rings. The first-order valence-corrected chi connectivity index (χ1v) is 19.9. The number of carbonyl (C=O) groups is 4. The number of likely N-dealkylation sites (N-methyl/N-ethyl adjacent to an activating group) is 1. The fraction of sp³-hybridized carbons (Fsp3) is 0.595. The van der Waals surface area contributed by atoms with Crippen molar-refractivity contribution >= 4 is 50.3 Å². The van der Waals surface area contributed by atoms with Crippen molar-refractivity contribution in [3.05, 3.63) is 36.5 Å². The second kappa shape index (κ2) is 13.7. The summed E-state index contributed by atoms with van der Waals surface area (Å²) in [6.45, 7) is 6.63. The minimum Gasteiger partial charge on any atom is -0.489 e. The summed E-state index contributed by atoms with van der Waals surface area (Å²) in [7, 11) is -2.01. The summed E-state index contributed by atoms with van der Waals surface area (Å²) in [4.78, 5) is 62.6. The number of fused-ring (bicyclic) bond motifs is 5. The van der Waals surface area contributed by atoms with Gasteiger partial charge >= 0.3 is 6.09 Å². The van der Waals surface area contributed by atoms with E-state index in [0.29, 0.717) is 43.4 Å². The number of nitrogens with one attached hydrogen (secondary N) is 3. The van der Waals surface area contributed by atoms with E-state index in [9.17, 15) is 32.7 Å². The van der Waals surface area contributed by atoms with E-state index in [1.54, 1.807) is 13.1 Å². The molecule has 5 aliphatic rings. The monoisotopic (exact) mass is 752 g/mol. The number of hydrogen-bond donors (Lipinski definition) is 4. The second-order valence-electron chi connectivity index (χ2n) is 15.8. The van der Waals surface area contributed by atoms with Crippen LogP contribution in [-0.2, 0) is 24.4 Å². The molecule has 2 aliphatic carbocycles. The lowest BCUT2D eigenvalue weighted by Gasteiger charge is -2.32. The van der Waals surface area contributed by atoms with Gasteiger partial charge in [0.25, 0.3) is 5.91 Å². The number of aromatic nitrogens is 1. The third kappa shape index (κ3) is 6.97. The molecule has 53 heavy (non-hydrogen) atoms. The molecule has 3 aliphatic heterocycles. The normalized spacial score (nSPS) is 31.7. The Labute approximate surface area is 308 Å². The molecule has 0 spiro atoms. The van der Waals surface area contributed by atoms with Crippen molar-refractivity contribution in [3.8, 4) is 11.6 Å².